The van der Waals surface area contributed by atoms with E-state index in [1.165, 1.54) is 0 Å². The lowest BCUT2D eigenvalue weighted by Gasteiger charge is -2.40. The molecule has 0 aliphatic heterocycles. The molecule has 0 saturated carbocycles. The Kier molecular flexibility index (Phi) is 12.7. The summed E-state index contributed by atoms with van der Waals surface area (Å²) in [4.78, 5) is 42.4. The molecule has 3 amide bonds. The number of amides is 3. The van der Waals surface area contributed by atoms with Crippen LogP contribution in [0.3, 0.4) is 0 Å². The van der Waals surface area contributed by atoms with Gasteiger partial charge >= 0.3 is 0 Å². The highest BCUT2D eigenvalue weighted by Crippen LogP contribution is 2.29. The average Bonchev–Trinajstić information content (AvgIpc) is 2.93. The van der Waals surface area contributed by atoms with Gasteiger partial charge < -0.3 is 15.5 Å². The summed E-state index contributed by atoms with van der Waals surface area (Å²) in [6.07, 6.45) is 0.248. The summed E-state index contributed by atoms with van der Waals surface area (Å²) in [6, 6.07) is 16.6. The van der Waals surface area contributed by atoms with Gasteiger partial charge in [-0.05, 0) is 35.9 Å². The van der Waals surface area contributed by atoms with Crippen LogP contribution in [0.15, 0.2) is 60.7 Å². The third-order valence-corrected chi connectivity index (χ3v) is 9.53. The summed E-state index contributed by atoms with van der Waals surface area (Å²) in [5.41, 5.74) is 0.380. The van der Waals surface area contributed by atoms with Gasteiger partial charge in [0.25, 0.3) is 0 Å². The Hall–Kier alpha value is -3.24. The molecule has 0 bridgehead atoms. The van der Waals surface area contributed by atoms with Crippen LogP contribution in [0.25, 0.3) is 0 Å². The van der Waals surface area contributed by atoms with Crippen molar-refractivity contribution in [2.45, 2.75) is 91.1 Å². The van der Waals surface area contributed by atoms with Crippen molar-refractivity contribution in [2.75, 3.05) is 14.1 Å². The molecule has 0 heterocycles. The number of rotatable bonds is 14. The standard InChI is InChI=1S/C34H52N4O5S/c1-23(2)27(21-24(3)30(39)37-44(42,43)22-25-17-13-11-14-18-25)38(10)32(41)29(33(4,5)6)36-31(40)28(35-9)34(7,8)26-19-15-12-16-20-26/h11-20,23-24,27-29,35H,21-22H2,1-10H3,(H,36,40)(H,37,39)/t24?,27-,28-,29?/m1/s1. The van der Waals surface area contributed by atoms with Gasteiger partial charge in [0.15, 0.2) is 0 Å². The molecule has 3 N–H and O–H groups in total. The van der Waals surface area contributed by atoms with Gasteiger partial charge in [-0.15, -0.1) is 0 Å². The number of likely N-dealkylation sites (N-methyl/N-ethyl adjacent to an activating group) is 2. The van der Waals surface area contributed by atoms with Gasteiger partial charge in [-0.2, -0.15) is 0 Å². The van der Waals surface area contributed by atoms with Crippen molar-refractivity contribution >= 4 is 27.7 Å². The zero-order valence-electron chi connectivity index (χ0n) is 28.0. The van der Waals surface area contributed by atoms with Crippen molar-refractivity contribution in [3.8, 4) is 0 Å². The van der Waals surface area contributed by atoms with Crippen LogP contribution in [0.1, 0.15) is 72.9 Å². The fourth-order valence-corrected chi connectivity index (χ4v) is 6.74. The molecule has 2 unspecified atom stereocenters. The molecule has 4 atom stereocenters. The molecule has 244 valence electrons. The summed E-state index contributed by atoms with van der Waals surface area (Å²) in [5, 5.41) is 6.19. The van der Waals surface area contributed by atoms with Crippen molar-refractivity contribution < 1.29 is 22.8 Å². The van der Waals surface area contributed by atoms with Crippen LogP contribution in [0.2, 0.25) is 0 Å². The number of sulfonamides is 1. The van der Waals surface area contributed by atoms with Gasteiger partial charge in [0.2, 0.25) is 27.7 Å². The lowest BCUT2D eigenvalue weighted by Crippen LogP contribution is -2.61. The molecule has 0 aliphatic carbocycles. The first-order valence-electron chi connectivity index (χ1n) is 15.2. The van der Waals surface area contributed by atoms with Gasteiger partial charge in [-0.1, -0.05) is 116 Å². The molecular weight excluding hydrogens is 576 g/mol. The fraction of sp³-hybridized carbons (Fsp3) is 0.559. The number of hydrogen-bond acceptors (Lipinski definition) is 6. The Morgan fingerprint density at radius 3 is 1.82 bits per heavy atom. The van der Waals surface area contributed by atoms with Gasteiger partial charge in [0, 0.05) is 24.4 Å². The second-order valence-corrected chi connectivity index (χ2v) is 15.4. The summed E-state index contributed by atoms with van der Waals surface area (Å²) in [5.74, 6) is -2.22. The first kappa shape index (κ1) is 36.9. The zero-order valence-corrected chi connectivity index (χ0v) is 28.8. The Morgan fingerprint density at radius 2 is 1.34 bits per heavy atom. The molecule has 2 aromatic carbocycles. The average molecular weight is 629 g/mol. The lowest BCUT2D eigenvalue weighted by molar-refractivity contribution is -0.142. The third-order valence-electron chi connectivity index (χ3n) is 8.30. The predicted octanol–water partition coefficient (Wildman–Crippen LogP) is 4.24. The number of carbonyl (C=O) groups excluding carboxylic acids is 3. The largest absolute Gasteiger partial charge is 0.342 e. The van der Waals surface area contributed by atoms with Gasteiger partial charge in [0.1, 0.15) is 6.04 Å². The summed E-state index contributed by atoms with van der Waals surface area (Å²) >= 11 is 0. The topological polar surface area (TPSA) is 125 Å². The monoisotopic (exact) mass is 628 g/mol. The molecule has 0 spiro atoms. The minimum Gasteiger partial charge on any atom is -0.342 e. The molecular formula is C34H52N4O5S. The minimum absolute atomic E-state index is 0.0430. The van der Waals surface area contributed by atoms with E-state index in [2.05, 4.69) is 15.4 Å². The van der Waals surface area contributed by atoms with Crippen molar-refractivity contribution in [1.82, 2.24) is 20.3 Å². The minimum atomic E-state index is -3.89. The highest BCUT2D eigenvalue weighted by molar-refractivity contribution is 7.89. The number of nitrogens with one attached hydrogen (secondary N) is 3. The van der Waals surface area contributed by atoms with Gasteiger partial charge in [0.05, 0.1) is 11.8 Å². The van der Waals surface area contributed by atoms with Crippen LogP contribution >= 0.6 is 0 Å². The van der Waals surface area contributed by atoms with E-state index in [1.807, 2.05) is 78.8 Å². The quantitative estimate of drug-likeness (QED) is 0.288. The first-order valence-corrected chi connectivity index (χ1v) is 16.8. The van der Waals surface area contributed by atoms with Crippen LogP contribution < -0.4 is 15.4 Å². The second kappa shape index (κ2) is 15.2. The number of carbonyl (C=O) groups is 3. The fourth-order valence-electron chi connectivity index (χ4n) is 5.53. The molecule has 0 aromatic heterocycles. The van der Waals surface area contributed by atoms with Crippen LogP contribution in [-0.2, 0) is 35.6 Å². The highest BCUT2D eigenvalue weighted by Gasteiger charge is 2.42. The van der Waals surface area contributed by atoms with E-state index in [4.69, 9.17) is 0 Å². The van der Waals surface area contributed by atoms with Crippen LogP contribution in [0.4, 0.5) is 0 Å². The van der Waals surface area contributed by atoms with Gasteiger partial charge in [-0.3, -0.25) is 19.1 Å². The summed E-state index contributed by atoms with van der Waals surface area (Å²) in [7, 11) is -0.483. The summed E-state index contributed by atoms with van der Waals surface area (Å²) < 4.78 is 27.6. The maximum absolute atomic E-state index is 14.1. The maximum atomic E-state index is 14.1. The summed E-state index contributed by atoms with van der Waals surface area (Å²) in [6.45, 7) is 15.3. The van der Waals surface area contributed by atoms with E-state index in [0.717, 1.165) is 5.56 Å². The van der Waals surface area contributed by atoms with Crippen molar-refractivity contribution in [3.05, 3.63) is 71.8 Å². The van der Waals surface area contributed by atoms with E-state index in [9.17, 15) is 22.8 Å². The smallest absolute Gasteiger partial charge is 0.245 e. The molecule has 9 nitrogen and oxygen atoms in total. The Bertz CT molecular complexity index is 1360. The maximum Gasteiger partial charge on any atom is 0.245 e. The van der Waals surface area contributed by atoms with E-state index in [0.29, 0.717) is 5.56 Å². The van der Waals surface area contributed by atoms with Crippen molar-refractivity contribution in [1.29, 1.82) is 0 Å². The van der Waals surface area contributed by atoms with E-state index < -0.39 is 44.8 Å². The molecule has 0 saturated heterocycles. The Labute approximate surface area is 264 Å². The molecule has 2 rings (SSSR count). The van der Waals surface area contributed by atoms with Crippen molar-refractivity contribution in [3.63, 3.8) is 0 Å². The first-order chi connectivity index (χ1) is 20.3. The SMILES string of the molecule is CN[C@H](C(=O)NC(C(=O)N(C)[C@H](CC(C)C(=O)NS(=O)(=O)Cc1ccccc1)C(C)C)C(C)(C)C)C(C)(C)c1ccccc1. The molecule has 0 radical (unpaired) electrons. The Balaban J connectivity index is 2.22. The Morgan fingerprint density at radius 1 is 0.818 bits per heavy atom. The van der Waals surface area contributed by atoms with Crippen molar-refractivity contribution in [2.24, 2.45) is 17.3 Å². The van der Waals surface area contributed by atoms with Gasteiger partial charge in [-0.25, -0.2) is 8.42 Å². The van der Waals surface area contributed by atoms with Crippen LogP contribution in [0.5, 0.6) is 0 Å². The normalized spacial score (nSPS) is 15.2. The molecule has 10 heteroatoms. The molecule has 44 heavy (non-hydrogen) atoms. The predicted molar refractivity (Wildman–Crippen MR) is 176 cm³/mol. The van der Waals surface area contributed by atoms with E-state index in [1.54, 1.807) is 56.3 Å². The second-order valence-electron chi connectivity index (χ2n) is 13.7. The number of nitrogens with zero attached hydrogens (tertiary/aromatic N) is 1. The van der Waals surface area contributed by atoms with E-state index >= 15 is 0 Å². The zero-order chi connectivity index (χ0) is 33.5. The number of benzene rings is 2. The molecule has 0 fully saturated rings. The number of hydrogen-bond donors (Lipinski definition) is 3. The molecule has 0 aliphatic rings. The molecule has 2 aromatic rings. The lowest BCUT2D eigenvalue weighted by atomic mass is 9.76. The van der Waals surface area contributed by atoms with Crippen LogP contribution in [-0.4, -0.2) is 63.3 Å². The van der Waals surface area contributed by atoms with Crippen LogP contribution in [0, 0.1) is 17.3 Å². The highest BCUT2D eigenvalue weighted by atomic mass is 32.2. The van der Waals surface area contributed by atoms with E-state index in [-0.39, 0.29) is 35.9 Å². The third kappa shape index (κ3) is 9.89.